The van der Waals surface area contributed by atoms with E-state index in [9.17, 15) is 13.2 Å². The van der Waals surface area contributed by atoms with Crippen LogP contribution in [0, 0.1) is 0 Å². The first-order chi connectivity index (χ1) is 12.9. The van der Waals surface area contributed by atoms with Crippen LogP contribution in [0.5, 0.6) is 0 Å². The van der Waals surface area contributed by atoms with E-state index in [0.29, 0.717) is 5.69 Å². The Hall–Kier alpha value is -2.60. The maximum absolute atomic E-state index is 12.0. The third-order valence-corrected chi connectivity index (χ3v) is 4.54. The van der Waals surface area contributed by atoms with Crippen LogP contribution in [0.3, 0.4) is 0 Å². The standard InChI is InChI=1S/C21H26N2O3S/c1-3-4-5-6-17-7-12-19(13-8-17)22-21(24)16-11-18-9-14-20(15-10-18)23-27(2,25)26/h7-16,23H,3-6H2,1-2H3,(H,22,24)/b16-11+. The molecule has 1 amide bonds. The Labute approximate surface area is 161 Å². The Morgan fingerprint density at radius 2 is 1.59 bits per heavy atom. The molecule has 0 unspecified atom stereocenters. The predicted molar refractivity (Wildman–Crippen MR) is 112 cm³/mol. The normalized spacial score (nSPS) is 11.5. The summed E-state index contributed by atoms with van der Waals surface area (Å²) in [4.78, 5) is 12.0. The maximum Gasteiger partial charge on any atom is 0.248 e. The van der Waals surface area contributed by atoms with Gasteiger partial charge in [0, 0.05) is 17.5 Å². The number of hydrogen-bond acceptors (Lipinski definition) is 3. The van der Waals surface area contributed by atoms with Gasteiger partial charge < -0.3 is 5.32 Å². The molecular weight excluding hydrogens is 360 g/mol. The van der Waals surface area contributed by atoms with Crippen molar-refractivity contribution in [3.05, 3.63) is 65.7 Å². The van der Waals surface area contributed by atoms with E-state index in [1.807, 2.05) is 24.3 Å². The number of carbonyl (C=O) groups is 1. The summed E-state index contributed by atoms with van der Waals surface area (Å²) in [6.07, 6.45) is 8.91. The molecule has 0 aromatic heterocycles. The number of unbranched alkanes of at least 4 members (excludes halogenated alkanes) is 2. The average Bonchev–Trinajstić information content (AvgIpc) is 2.61. The average molecular weight is 387 g/mol. The van der Waals surface area contributed by atoms with E-state index in [-0.39, 0.29) is 5.91 Å². The Balaban J connectivity index is 1.87. The van der Waals surface area contributed by atoms with Gasteiger partial charge in [-0.15, -0.1) is 0 Å². The van der Waals surface area contributed by atoms with Crippen LogP contribution in [0.4, 0.5) is 11.4 Å². The van der Waals surface area contributed by atoms with Crippen LogP contribution in [-0.2, 0) is 21.2 Å². The van der Waals surface area contributed by atoms with Gasteiger partial charge in [-0.2, -0.15) is 0 Å². The second-order valence-electron chi connectivity index (χ2n) is 6.47. The summed E-state index contributed by atoms with van der Waals surface area (Å²) < 4.78 is 24.8. The van der Waals surface area contributed by atoms with E-state index in [4.69, 9.17) is 0 Å². The number of benzene rings is 2. The van der Waals surface area contributed by atoms with Gasteiger partial charge >= 0.3 is 0 Å². The van der Waals surface area contributed by atoms with E-state index in [1.165, 1.54) is 30.9 Å². The molecule has 2 N–H and O–H groups in total. The largest absolute Gasteiger partial charge is 0.323 e. The smallest absolute Gasteiger partial charge is 0.248 e. The number of nitrogens with one attached hydrogen (secondary N) is 2. The van der Waals surface area contributed by atoms with Crippen LogP contribution in [0.1, 0.15) is 37.3 Å². The molecule has 6 heteroatoms. The second-order valence-corrected chi connectivity index (χ2v) is 8.22. The van der Waals surface area contributed by atoms with E-state index in [2.05, 4.69) is 17.0 Å². The summed E-state index contributed by atoms with van der Waals surface area (Å²) in [6.45, 7) is 2.19. The highest BCUT2D eigenvalue weighted by Crippen LogP contribution is 2.14. The van der Waals surface area contributed by atoms with Crippen LogP contribution < -0.4 is 10.0 Å². The van der Waals surface area contributed by atoms with Gasteiger partial charge in [-0.3, -0.25) is 9.52 Å². The molecule has 0 radical (unpaired) electrons. The number of amides is 1. The molecule has 0 saturated carbocycles. The van der Waals surface area contributed by atoms with E-state index in [0.717, 1.165) is 23.9 Å². The lowest BCUT2D eigenvalue weighted by Crippen LogP contribution is -2.09. The van der Waals surface area contributed by atoms with Gasteiger partial charge in [0.2, 0.25) is 15.9 Å². The second kappa shape index (κ2) is 9.92. The molecule has 0 atom stereocenters. The fraction of sp³-hybridized carbons (Fsp3) is 0.286. The SMILES string of the molecule is CCCCCc1ccc(NC(=O)/C=C/c2ccc(NS(C)(=O)=O)cc2)cc1. The van der Waals surface area contributed by atoms with Gasteiger partial charge in [0.1, 0.15) is 0 Å². The first-order valence-electron chi connectivity index (χ1n) is 9.01. The van der Waals surface area contributed by atoms with Gasteiger partial charge in [0.05, 0.1) is 6.26 Å². The molecule has 0 spiro atoms. The molecule has 2 aromatic carbocycles. The zero-order chi connectivity index (χ0) is 19.7. The minimum Gasteiger partial charge on any atom is -0.323 e. The molecule has 2 rings (SSSR count). The molecule has 0 saturated heterocycles. The summed E-state index contributed by atoms with van der Waals surface area (Å²) in [6, 6.07) is 14.7. The van der Waals surface area contributed by atoms with Crippen molar-refractivity contribution in [3.8, 4) is 0 Å². The van der Waals surface area contributed by atoms with Crippen molar-refractivity contribution in [1.82, 2.24) is 0 Å². The fourth-order valence-electron chi connectivity index (χ4n) is 2.57. The van der Waals surface area contributed by atoms with Crippen molar-refractivity contribution >= 4 is 33.4 Å². The molecule has 0 bridgehead atoms. The summed E-state index contributed by atoms with van der Waals surface area (Å²) >= 11 is 0. The highest BCUT2D eigenvalue weighted by atomic mass is 32.2. The summed E-state index contributed by atoms with van der Waals surface area (Å²) in [7, 11) is -3.29. The third kappa shape index (κ3) is 8.09. The Bertz CT molecular complexity index is 871. The summed E-state index contributed by atoms with van der Waals surface area (Å²) in [5.41, 5.74) is 3.32. The van der Waals surface area contributed by atoms with Crippen LogP contribution >= 0.6 is 0 Å². The monoisotopic (exact) mass is 386 g/mol. The number of carbonyl (C=O) groups excluding carboxylic acids is 1. The number of anilines is 2. The minimum absolute atomic E-state index is 0.216. The minimum atomic E-state index is -3.29. The summed E-state index contributed by atoms with van der Waals surface area (Å²) in [5.74, 6) is -0.216. The zero-order valence-electron chi connectivity index (χ0n) is 15.7. The van der Waals surface area contributed by atoms with Crippen molar-refractivity contribution in [2.75, 3.05) is 16.3 Å². The first-order valence-corrected chi connectivity index (χ1v) is 10.9. The van der Waals surface area contributed by atoms with Gasteiger partial charge in [0.15, 0.2) is 0 Å². The molecule has 0 aliphatic rings. The van der Waals surface area contributed by atoms with Crippen LogP contribution in [-0.4, -0.2) is 20.6 Å². The molecule has 0 heterocycles. The molecular formula is C21H26N2O3S. The lowest BCUT2D eigenvalue weighted by atomic mass is 10.1. The number of aryl methyl sites for hydroxylation is 1. The fourth-order valence-corrected chi connectivity index (χ4v) is 3.13. The van der Waals surface area contributed by atoms with Crippen LogP contribution in [0.15, 0.2) is 54.6 Å². The van der Waals surface area contributed by atoms with Gasteiger partial charge in [-0.1, -0.05) is 44.0 Å². The molecule has 27 heavy (non-hydrogen) atoms. The van der Waals surface area contributed by atoms with Crippen molar-refractivity contribution in [2.45, 2.75) is 32.6 Å². The number of rotatable bonds is 9. The maximum atomic E-state index is 12.0. The highest BCUT2D eigenvalue weighted by molar-refractivity contribution is 7.92. The number of hydrogen-bond donors (Lipinski definition) is 2. The van der Waals surface area contributed by atoms with Crippen molar-refractivity contribution in [1.29, 1.82) is 0 Å². The lowest BCUT2D eigenvalue weighted by molar-refractivity contribution is -0.111. The Morgan fingerprint density at radius 3 is 2.19 bits per heavy atom. The predicted octanol–water partition coefficient (Wildman–Crippen LogP) is 4.44. The van der Waals surface area contributed by atoms with Gasteiger partial charge in [-0.25, -0.2) is 8.42 Å². The Kier molecular flexibility index (Phi) is 7.61. The first kappa shape index (κ1) is 20.7. The van der Waals surface area contributed by atoms with Crippen molar-refractivity contribution in [2.24, 2.45) is 0 Å². The summed E-state index contributed by atoms with van der Waals surface area (Å²) in [5, 5.41) is 2.83. The molecule has 0 aliphatic heterocycles. The van der Waals surface area contributed by atoms with Gasteiger partial charge in [-0.05, 0) is 54.3 Å². The van der Waals surface area contributed by atoms with Gasteiger partial charge in [0.25, 0.3) is 0 Å². The third-order valence-electron chi connectivity index (χ3n) is 3.93. The number of sulfonamides is 1. The quantitative estimate of drug-likeness (QED) is 0.494. The molecule has 144 valence electrons. The van der Waals surface area contributed by atoms with Crippen molar-refractivity contribution in [3.63, 3.8) is 0 Å². The molecule has 0 fully saturated rings. The van der Waals surface area contributed by atoms with Crippen LogP contribution in [0.2, 0.25) is 0 Å². The van der Waals surface area contributed by atoms with E-state index >= 15 is 0 Å². The topological polar surface area (TPSA) is 75.3 Å². The van der Waals surface area contributed by atoms with E-state index in [1.54, 1.807) is 30.3 Å². The lowest BCUT2D eigenvalue weighted by Gasteiger charge is -2.05. The molecule has 0 aliphatic carbocycles. The molecule has 5 nitrogen and oxygen atoms in total. The highest BCUT2D eigenvalue weighted by Gasteiger charge is 2.02. The van der Waals surface area contributed by atoms with Crippen LogP contribution in [0.25, 0.3) is 6.08 Å². The molecule has 2 aromatic rings. The van der Waals surface area contributed by atoms with E-state index < -0.39 is 10.0 Å². The van der Waals surface area contributed by atoms with Crippen molar-refractivity contribution < 1.29 is 13.2 Å². The Morgan fingerprint density at radius 1 is 0.963 bits per heavy atom. The zero-order valence-corrected chi connectivity index (χ0v) is 16.6.